The lowest BCUT2D eigenvalue weighted by atomic mass is 10.1. The first kappa shape index (κ1) is 10.2. The predicted molar refractivity (Wildman–Crippen MR) is 65.0 cm³/mol. The van der Waals surface area contributed by atoms with Crippen LogP contribution in [0, 0.1) is 0 Å². The molecule has 2 nitrogen and oxygen atoms in total. The molecule has 80 valence electrons. The highest BCUT2D eigenvalue weighted by Crippen LogP contribution is 2.17. The highest BCUT2D eigenvalue weighted by molar-refractivity contribution is 5.80. The fourth-order valence-electron chi connectivity index (χ4n) is 1.90. The molecule has 0 saturated heterocycles. The molecule has 0 atom stereocenters. The standard InChI is InChI=1S/C13H18N2/c1-3-14-10-11-5-6-13-12(9-11)7-8-15(13)4-2/h5-9,14H,3-4,10H2,1-2H3. The largest absolute Gasteiger partial charge is 0.348 e. The summed E-state index contributed by atoms with van der Waals surface area (Å²) in [6.45, 7) is 7.33. The van der Waals surface area contributed by atoms with Gasteiger partial charge in [0.2, 0.25) is 0 Å². The van der Waals surface area contributed by atoms with E-state index in [0.29, 0.717) is 0 Å². The Labute approximate surface area is 90.9 Å². The Morgan fingerprint density at radius 3 is 2.80 bits per heavy atom. The van der Waals surface area contributed by atoms with E-state index in [1.807, 2.05) is 0 Å². The quantitative estimate of drug-likeness (QED) is 0.806. The lowest BCUT2D eigenvalue weighted by Crippen LogP contribution is -2.11. The fourth-order valence-corrected chi connectivity index (χ4v) is 1.90. The molecule has 0 radical (unpaired) electrons. The lowest BCUT2D eigenvalue weighted by Gasteiger charge is -2.04. The first-order chi connectivity index (χ1) is 7.35. The van der Waals surface area contributed by atoms with E-state index >= 15 is 0 Å². The Kier molecular flexibility index (Phi) is 3.07. The summed E-state index contributed by atoms with van der Waals surface area (Å²) in [4.78, 5) is 0. The number of nitrogens with one attached hydrogen (secondary N) is 1. The molecule has 0 saturated carbocycles. The van der Waals surface area contributed by atoms with Crippen LogP contribution in [0.1, 0.15) is 19.4 Å². The normalized spacial score (nSPS) is 11.1. The second kappa shape index (κ2) is 4.49. The van der Waals surface area contributed by atoms with Crippen molar-refractivity contribution in [2.24, 2.45) is 0 Å². The van der Waals surface area contributed by atoms with Crippen molar-refractivity contribution in [1.82, 2.24) is 9.88 Å². The average Bonchev–Trinajstić information content (AvgIpc) is 2.68. The van der Waals surface area contributed by atoms with Gasteiger partial charge in [0, 0.05) is 24.8 Å². The first-order valence-electron chi connectivity index (χ1n) is 5.63. The number of nitrogens with zero attached hydrogens (tertiary/aromatic N) is 1. The molecular formula is C13H18N2. The van der Waals surface area contributed by atoms with E-state index in [-0.39, 0.29) is 0 Å². The maximum absolute atomic E-state index is 3.34. The summed E-state index contributed by atoms with van der Waals surface area (Å²) < 4.78 is 2.27. The van der Waals surface area contributed by atoms with Gasteiger partial charge in [0.1, 0.15) is 0 Å². The number of hydrogen-bond donors (Lipinski definition) is 1. The Balaban J connectivity index is 2.31. The zero-order valence-electron chi connectivity index (χ0n) is 9.46. The predicted octanol–water partition coefficient (Wildman–Crippen LogP) is 2.77. The molecule has 0 amide bonds. The van der Waals surface area contributed by atoms with Gasteiger partial charge >= 0.3 is 0 Å². The zero-order chi connectivity index (χ0) is 10.7. The monoisotopic (exact) mass is 202 g/mol. The SMILES string of the molecule is CCNCc1ccc2c(ccn2CC)c1. The number of benzene rings is 1. The summed E-state index contributed by atoms with van der Waals surface area (Å²) in [5.41, 5.74) is 2.69. The first-order valence-corrected chi connectivity index (χ1v) is 5.63. The van der Waals surface area contributed by atoms with Gasteiger partial charge in [-0.3, -0.25) is 0 Å². The molecule has 0 aliphatic heterocycles. The summed E-state index contributed by atoms with van der Waals surface area (Å²) >= 11 is 0. The maximum atomic E-state index is 3.34. The van der Waals surface area contributed by atoms with Crippen molar-refractivity contribution in [3.05, 3.63) is 36.0 Å². The van der Waals surface area contributed by atoms with Crippen LogP contribution in [-0.2, 0) is 13.1 Å². The third-order valence-electron chi connectivity index (χ3n) is 2.76. The molecule has 2 heteroatoms. The highest BCUT2D eigenvalue weighted by atomic mass is 14.9. The van der Waals surface area contributed by atoms with Crippen molar-refractivity contribution in [3.8, 4) is 0 Å². The number of rotatable bonds is 4. The van der Waals surface area contributed by atoms with E-state index in [0.717, 1.165) is 19.6 Å². The van der Waals surface area contributed by atoms with Gasteiger partial charge in [-0.1, -0.05) is 13.0 Å². The van der Waals surface area contributed by atoms with Gasteiger partial charge in [-0.05, 0) is 42.6 Å². The molecule has 15 heavy (non-hydrogen) atoms. The molecule has 2 rings (SSSR count). The number of hydrogen-bond acceptors (Lipinski definition) is 1. The molecule has 1 aromatic carbocycles. The summed E-state index contributed by atoms with van der Waals surface area (Å²) in [7, 11) is 0. The van der Waals surface area contributed by atoms with E-state index in [1.54, 1.807) is 0 Å². The van der Waals surface area contributed by atoms with Crippen molar-refractivity contribution >= 4 is 10.9 Å². The summed E-state index contributed by atoms with van der Waals surface area (Å²) in [6.07, 6.45) is 2.15. The van der Waals surface area contributed by atoms with Gasteiger partial charge in [-0.25, -0.2) is 0 Å². The average molecular weight is 202 g/mol. The summed E-state index contributed by atoms with van der Waals surface area (Å²) in [5, 5.41) is 4.68. The molecule has 0 fully saturated rings. The minimum absolute atomic E-state index is 0.962. The van der Waals surface area contributed by atoms with E-state index in [4.69, 9.17) is 0 Å². The van der Waals surface area contributed by atoms with Crippen LogP contribution in [0.15, 0.2) is 30.5 Å². The molecule has 0 spiro atoms. The van der Waals surface area contributed by atoms with Crippen molar-refractivity contribution in [3.63, 3.8) is 0 Å². The van der Waals surface area contributed by atoms with Gasteiger partial charge in [-0.15, -0.1) is 0 Å². The van der Waals surface area contributed by atoms with E-state index in [9.17, 15) is 0 Å². The van der Waals surface area contributed by atoms with Crippen LogP contribution in [0.2, 0.25) is 0 Å². The molecule has 0 bridgehead atoms. The minimum Gasteiger partial charge on any atom is -0.348 e. The van der Waals surface area contributed by atoms with Crippen LogP contribution in [0.25, 0.3) is 10.9 Å². The minimum atomic E-state index is 0.962. The third-order valence-corrected chi connectivity index (χ3v) is 2.76. The summed E-state index contributed by atoms with van der Waals surface area (Å²) in [6, 6.07) is 8.88. The van der Waals surface area contributed by atoms with Gasteiger partial charge < -0.3 is 9.88 Å². The molecule has 2 aromatic rings. The number of aryl methyl sites for hydroxylation is 1. The van der Waals surface area contributed by atoms with Crippen molar-refractivity contribution in [2.75, 3.05) is 6.54 Å². The van der Waals surface area contributed by atoms with E-state index in [2.05, 4.69) is 54.2 Å². The Hall–Kier alpha value is -1.28. The van der Waals surface area contributed by atoms with Gasteiger partial charge in [-0.2, -0.15) is 0 Å². The van der Waals surface area contributed by atoms with Gasteiger partial charge in [0.05, 0.1) is 0 Å². The summed E-state index contributed by atoms with van der Waals surface area (Å²) in [5.74, 6) is 0. The topological polar surface area (TPSA) is 17.0 Å². The molecule has 0 aliphatic rings. The van der Waals surface area contributed by atoms with Crippen molar-refractivity contribution in [1.29, 1.82) is 0 Å². The van der Waals surface area contributed by atoms with Gasteiger partial charge in [0.25, 0.3) is 0 Å². The fraction of sp³-hybridized carbons (Fsp3) is 0.385. The van der Waals surface area contributed by atoms with Crippen molar-refractivity contribution in [2.45, 2.75) is 26.9 Å². The van der Waals surface area contributed by atoms with E-state index in [1.165, 1.54) is 16.5 Å². The third kappa shape index (κ3) is 2.05. The van der Waals surface area contributed by atoms with Crippen LogP contribution in [0.4, 0.5) is 0 Å². The Morgan fingerprint density at radius 1 is 1.20 bits per heavy atom. The maximum Gasteiger partial charge on any atom is 0.0480 e. The second-order valence-corrected chi connectivity index (χ2v) is 3.78. The number of fused-ring (bicyclic) bond motifs is 1. The smallest absolute Gasteiger partial charge is 0.0480 e. The van der Waals surface area contributed by atoms with Gasteiger partial charge in [0.15, 0.2) is 0 Å². The Morgan fingerprint density at radius 2 is 2.07 bits per heavy atom. The highest BCUT2D eigenvalue weighted by Gasteiger charge is 2.00. The van der Waals surface area contributed by atoms with Crippen LogP contribution in [-0.4, -0.2) is 11.1 Å². The lowest BCUT2D eigenvalue weighted by molar-refractivity contribution is 0.727. The van der Waals surface area contributed by atoms with Crippen LogP contribution < -0.4 is 5.32 Å². The molecular weight excluding hydrogens is 184 g/mol. The molecule has 0 unspecified atom stereocenters. The molecule has 1 aromatic heterocycles. The molecule has 1 N–H and O–H groups in total. The molecule has 1 heterocycles. The number of aromatic nitrogens is 1. The van der Waals surface area contributed by atoms with Crippen LogP contribution >= 0.6 is 0 Å². The second-order valence-electron chi connectivity index (χ2n) is 3.78. The van der Waals surface area contributed by atoms with E-state index < -0.39 is 0 Å². The van der Waals surface area contributed by atoms with Crippen LogP contribution in [0.5, 0.6) is 0 Å². The molecule has 0 aliphatic carbocycles. The van der Waals surface area contributed by atoms with Crippen LogP contribution in [0.3, 0.4) is 0 Å². The Bertz CT molecular complexity index is 443. The zero-order valence-corrected chi connectivity index (χ0v) is 9.46. The van der Waals surface area contributed by atoms with Crippen molar-refractivity contribution < 1.29 is 0 Å².